The summed E-state index contributed by atoms with van der Waals surface area (Å²) in [6.07, 6.45) is 7.92. The number of hydrogen-bond donors (Lipinski definition) is 1. The molecule has 0 heterocycles. The van der Waals surface area contributed by atoms with Crippen molar-refractivity contribution in [3.05, 3.63) is 35.4 Å². The Hall–Kier alpha value is -0.960. The summed E-state index contributed by atoms with van der Waals surface area (Å²) in [4.78, 5) is 0. The lowest BCUT2D eigenvalue weighted by atomic mass is 9.88. The number of halogens is 2. The van der Waals surface area contributed by atoms with Gasteiger partial charge in [0, 0.05) is 12.1 Å². The number of rotatable bonds is 3. The second kappa shape index (κ2) is 6.28. The van der Waals surface area contributed by atoms with Crippen LogP contribution >= 0.6 is 0 Å². The van der Waals surface area contributed by atoms with Crippen LogP contribution in [0.1, 0.15) is 44.1 Å². The van der Waals surface area contributed by atoms with Gasteiger partial charge in [0.05, 0.1) is 0 Å². The number of benzene rings is 1. The maximum Gasteiger partial charge on any atom is 0.126 e. The molecule has 0 amide bonds. The summed E-state index contributed by atoms with van der Waals surface area (Å²) in [6.45, 7) is 0. The Labute approximate surface area is 107 Å². The highest BCUT2D eigenvalue weighted by molar-refractivity contribution is 5.19. The standard InChI is InChI=1S/C15H21F2N/c16-13-7-11(8-14(17)10-13)9-15(18)12-5-3-1-2-4-6-12/h7-8,10,12,15H,1-6,9,18H2. The van der Waals surface area contributed by atoms with Gasteiger partial charge in [-0.05, 0) is 42.9 Å². The summed E-state index contributed by atoms with van der Waals surface area (Å²) >= 11 is 0. The first kappa shape index (κ1) is 13.5. The van der Waals surface area contributed by atoms with Gasteiger partial charge in [0.15, 0.2) is 0 Å². The molecule has 0 radical (unpaired) electrons. The maximum absolute atomic E-state index is 13.1. The van der Waals surface area contributed by atoms with E-state index in [0.29, 0.717) is 17.9 Å². The van der Waals surface area contributed by atoms with Crippen molar-refractivity contribution in [3.8, 4) is 0 Å². The highest BCUT2D eigenvalue weighted by atomic mass is 19.1. The molecule has 1 unspecified atom stereocenters. The van der Waals surface area contributed by atoms with Gasteiger partial charge in [-0.3, -0.25) is 0 Å². The van der Waals surface area contributed by atoms with Crippen molar-refractivity contribution in [1.29, 1.82) is 0 Å². The topological polar surface area (TPSA) is 26.0 Å². The van der Waals surface area contributed by atoms with E-state index in [9.17, 15) is 8.78 Å². The van der Waals surface area contributed by atoms with Gasteiger partial charge in [-0.25, -0.2) is 8.78 Å². The summed E-state index contributed by atoms with van der Waals surface area (Å²) in [5.41, 5.74) is 6.88. The largest absolute Gasteiger partial charge is 0.327 e. The molecule has 0 aromatic heterocycles. The summed E-state index contributed by atoms with van der Waals surface area (Å²) in [6, 6.07) is 3.70. The molecule has 0 bridgehead atoms. The molecule has 1 atom stereocenters. The Morgan fingerprint density at radius 1 is 1.00 bits per heavy atom. The fourth-order valence-electron chi connectivity index (χ4n) is 2.91. The average Bonchev–Trinajstić information content (AvgIpc) is 2.55. The molecule has 1 aliphatic carbocycles. The second-order valence-electron chi connectivity index (χ2n) is 5.40. The molecule has 2 rings (SSSR count). The molecule has 1 saturated carbocycles. The Morgan fingerprint density at radius 3 is 2.11 bits per heavy atom. The third kappa shape index (κ3) is 3.77. The van der Waals surface area contributed by atoms with Crippen LogP contribution in [0.15, 0.2) is 18.2 Å². The molecule has 18 heavy (non-hydrogen) atoms. The molecule has 1 aromatic carbocycles. The van der Waals surface area contributed by atoms with E-state index in [1.165, 1.54) is 37.8 Å². The van der Waals surface area contributed by atoms with E-state index in [1.54, 1.807) is 0 Å². The zero-order chi connectivity index (χ0) is 13.0. The van der Waals surface area contributed by atoms with Crippen LogP contribution in [-0.2, 0) is 6.42 Å². The van der Waals surface area contributed by atoms with Gasteiger partial charge in [-0.15, -0.1) is 0 Å². The van der Waals surface area contributed by atoms with Crippen LogP contribution in [0.2, 0.25) is 0 Å². The molecule has 1 fully saturated rings. The van der Waals surface area contributed by atoms with Crippen LogP contribution in [0.3, 0.4) is 0 Å². The lowest BCUT2D eigenvalue weighted by Gasteiger charge is -2.22. The predicted molar refractivity (Wildman–Crippen MR) is 69.2 cm³/mol. The Balaban J connectivity index is 1.98. The first-order valence-electron chi connectivity index (χ1n) is 6.85. The molecular weight excluding hydrogens is 232 g/mol. The first-order valence-corrected chi connectivity index (χ1v) is 6.85. The molecule has 1 aliphatic rings. The molecule has 1 nitrogen and oxygen atoms in total. The van der Waals surface area contributed by atoms with Gasteiger partial charge in [0.2, 0.25) is 0 Å². The van der Waals surface area contributed by atoms with E-state index in [-0.39, 0.29) is 6.04 Å². The van der Waals surface area contributed by atoms with Crippen molar-refractivity contribution in [3.63, 3.8) is 0 Å². The summed E-state index contributed by atoms with van der Waals surface area (Å²) < 4.78 is 26.2. The minimum atomic E-state index is -0.516. The van der Waals surface area contributed by atoms with Crippen molar-refractivity contribution in [2.75, 3.05) is 0 Å². The van der Waals surface area contributed by atoms with Crippen LogP contribution in [0, 0.1) is 17.6 Å². The Bertz CT molecular complexity index is 364. The lowest BCUT2D eigenvalue weighted by Crippen LogP contribution is -2.32. The Morgan fingerprint density at radius 2 is 1.56 bits per heavy atom. The van der Waals surface area contributed by atoms with E-state index < -0.39 is 11.6 Å². The number of nitrogens with two attached hydrogens (primary N) is 1. The molecule has 3 heteroatoms. The molecule has 0 saturated heterocycles. The van der Waals surface area contributed by atoms with Crippen LogP contribution < -0.4 is 5.73 Å². The van der Waals surface area contributed by atoms with E-state index in [2.05, 4.69) is 0 Å². The van der Waals surface area contributed by atoms with Crippen molar-refractivity contribution >= 4 is 0 Å². The molecule has 100 valence electrons. The highest BCUT2D eigenvalue weighted by Gasteiger charge is 2.20. The second-order valence-corrected chi connectivity index (χ2v) is 5.40. The van der Waals surface area contributed by atoms with Crippen LogP contribution in [0.4, 0.5) is 8.78 Å². The van der Waals surface area contributed by atoms with Gasteiger partial charge in [-0.1, -0.05) is 25.7 Å². The SMILES string of the molecule is NC(Cc1cc(F)cc(F)c1)C1CCCCCC1. The van der Waals surface area contributed by atoms with Crippen LogP contribution in [0.5, 0.6) is 0 Å². The third-order valence-corrected chi connectivity index (χ3v) is 3.90. The van der Waals surface area contributed by atoms with Crippen LogP contribution in [0.25, 0.3) is 0 Å². The van der Waals surface area contributed by atoms with E-state index in [1.807, 2.05) is 0 Å². The minimum absolute atomic E-state index is 0.0179. The molecule has 1 aromatic rings. The minimum Gasteiger partial charge on any atom is -0.327 e. The zero-order valence-corrected chi connectivity index (χ0v) is 10.7. The van der Waals surface area contributed by atoms with Gasteiger partial charge in [0.1, 0.15) is 11.6 Å². The van der Waals surface area contributed by atoms with E-state index >= 15 is 0 Å². The Kier molecular flexibility index (Phi) is 4.70. The van der Waals surface area contributed by atoms with E-state index in [4.69, 9.17) is 5.73 Å². The van der Waals surface area contributed by atoms with Gasteiger partial charge < -0.3 is 5.73 Å². The molecule has 0 spiro atoms. The van der Waals surface area contributed by atoms with Gasteiger partial charge in [0.25, 0.3) is 0 Å². The quantitative estimate of drug-likeness (QED) is 0.815. The molecule has 0 aliphatic heterocycles. The summed E-state index contributed by atoms with van der Waals surface area (Å²) in [7, 11) is 0. The van der Waals surface area contributed by atoms with Crippen molar-refractivity contribution in [2.24, 2.45) is 11.7 Å². The predicted octanol–water partition coefficient (Wildman–Crippen LogP) is 3.81. The van der Waals surface area contributed by atoms with Crippen molar-refractivity contribution in [1.82, 2.24) is 0 Å². The normalized spacial score (nSPS) is 19.5. The van der Waals surface area contributed by atoms with E-state index in [0.717, 1.165) is 18.9 Å². The number of hydrogen-bond acceptors (Lipinski definition) is 1. The van der Waals surface area contributed by atoms with Gasteiger partial charge in [-0.2, -0.15) is 0 Å². The summed E-state index contributed by atoms with van der Waals surface area (Å²) in [5, 5.41) is 0. The fourth-order valence-corrected chi connectivity index (χ4v) is 2.91. The third-order valence-electron chi connectivity index (χ3n) is 3.90. The summed E-state index contributed by atoms with van der Waals surface area (Å²) in [5.74, 6) is -0.532. The highest BCUT2D eigenvalue weighted by Crippen LogP contribution is 2.26. The van der Waals surface area contributed by atoms with Gasteiger partial charge >= 0.3 is 0 Å². The average molecular weight is 253 g/mol. The zero-order valence-electron chi connectivity index (χ0n) is 10.7. The smallest absolute Gasteiger partial charge is 0.126 e. The molecular formula is C15H21F2N. The monoisotopic (exact) mass is 253 g/mol. The molecule has 2 N–H and O–H groups in total. The van der Waals surface area contributed by atoms with Crippen molar-refractivity contribution in [2.45, 2.75) is 51.0 Å². The lowest BCUT2D eigenvalue weighted by molar-refractivity contribution is 0.372. The maximum atomic E-state index is 13.1. The first-order chi connectivity index (χ1) is 8.65. The van der Waals surface area contributed by atoms with Crippen molar-refractivity contribution < 1.29 is 8.78 Å². The fraction of sp³-hybridized carbons (Fsp3) is 0.600. The van der Waals surface area contributed by atoms with Crippen LogP contribution in [-0.4, -0.2) is 6.04 Å².